The third-order valence-electron chi connectivity index (χ3n) is 3.93. The minimum Gasteiger partial charge on any atom is -0.462 e. The summed E-state index contributed by atoms with van der Waals surface area (Å²) < 4.78 is 16.0. The Kier molecular flexibility index (Phi) is 5.41. The van der Waals surface area contributed by atoms with Crippen LogP contribution in [-0.4, -0.2) is 33.7 Å². The molecular formula is C18H19N3O5S. The number of hydrogen-bond donors (Lipinski definition) is 1. The van der Waals surface area contributed by atoms with Crippen LogP contribution in [-0.2, 0) is 9.47 Å². The number of esters is 2. The van der Waals surface area contributed by atoms with Gasteiger partial charge in [0.1, 0.15) is 5.69 Å². The molecule has 3 aromatic rings. The zero-order valence-electron chi connectivity index (χ0n) is 15.4. The number of nitrogens with zero attached hydrogens (tertiary/aromatic N) is 2. The molecule has 0 unspecified atom stereocenters. The molecule has 142 valence electrons. The van der Waals surface area contributed by atoms with E-state index in [1.165, 1.54) is 11.3 Å². The standard InChI is InChI=1S/C18H19N3O5S/c1-5-24-17(22)13-9(2)14(19-10(13)3)18(23)25-11(4)15-20-21-16(26-15)12-7-6-8-27-12/h6-8,11,19H,5H2,1-4H3/t11-/m1/s1. The minimum absolute atomic E-state index is 0.193. The Bertz CT molecular complexity index is 958. The Balaban J connectivity index is 1.75. The number of rotatable bonds is 6. The second-order valence-corrected chi connectivity index (χ2v) is 6.76. The van der Waals surface area contributed by atoms with Crippen LogP contribution in [0.3, 0.4) is 0 Å². The smallest absolute Gasteiger partial charge is 0.355 e. The summed E-state index contributed by atoms with van der Waals surface area (Å²) in [6.07, 6.45) is -0.743. The maximum absolute atomic E-state index is 12.5. The average Bonchev–Trinajstić information content (AvgIpc) is 3.34. The van der Waals surface area contributed by atoms with Crippen molar-refractivity contribution < 1.29 is 23.5 Å². The molecular weight excluding hydrogens is 370 g/mol. The van der Waals surface area contributed by atoms with Crippen LogP contribution in [0.4, 0.5) is 0 Å². The number of H-pyrrole nitrogens is 1. The lowest BCUT2D eigenvalue weighted by atomic mass is 10.1. The lowest BCUT2D eigenvalue weighted by Gasteiger charge is -2.09. The van der Waals surface area contributed by atoms with Crippen molar-refractivity contribution in [1.82, 2.24) is 15.2 Å². The van der Waals surface area contributed by atoms with Gasteiger partial charge >= 0.3 is 11.9 Å². The van der Waals surface area contributed by atoms with Gasteiger partial charge in [-0.25, -0.2) is 9.59 Å². The van der Waals surface area contributed by atoms with Crippen molar-refractivity contribution in [3.05, 3.63) is 45.9 Å². The van der Waals surface area contributed by atoms with Gasteiger partial charge in [0.2, 0.25) is 0 Å². The number of aromatic amines is 1. The third-order valence-corrected chi connectivity index (χ3v) is 4.78. The second kappa shape index (κ2) is 7.75. The quantitative estimate of drug-likeness (QED) is 0.638. The number of nitrogens with one attached hydrogen (secondary N) is 1. The number of thiophene rings is 1. The second-order valence-electron chi connectivity index (χ2n) is 5.82. The number of ether oxygens (including phenoxy) is 2. The van der Waals surface area contributed by atoms with Gasteiger partial charge in [0, 0.05) is 5.69 Å². The fourth-order valence-electron chi connectivity index (χ4n) is 2.63. The van der Waals surface area contributed by atoms with E-state index in [-0.39, 0.29) is 18.2 Å². The van der Waals surface area contributed by atoms with E-state index in [1.54, 1.807) is 27.7 Å². The van der Waals surface area contributed by atoms with Gasteiger partial charge in [-0.1, -0.05) is 6.07 Å². The average molecular weight is 389 g/mol. The van der Waals surface area contributed by atoms with Gasteiger partial charge in [0.15, 0.2) is 6.10 Å². The van der Waals surface area contributed by atoms with Crippen LogP contribution in [0.15, 0.2) is 21.9 Å². The van der Waals surface area contributed by atoms with Crippen LogP contribution < -0.4 is 0 Å². The Morgan fingerprint density at radius 2 is 2.07 bits per heavy atom. The molecule has 3 rings (SSSR count). The highest BCUT2D eigenvalue weighted by atomic mass is 32.1. The molecule has 0 fully saturated rings. The zero-order valence-corrected chi connectivity index (χ0v) is 16.2. The van der Waals surface area contributed by atoms with E-state index in [2.05, 4.69) is 15.2 Å². The van der Waals surface area contributed by atoms with Gasteiger partial charge in [-0.3, -0.25) is 0 Å². The van der Waals surface area contributed by atoms with Gasteiger partial charge in [0.25, 0.3) is 11.8 Å². The predicted octanol–water partition coefficient (Wildman–Crippen LogP) is 3.84. The molecule has 0 amide bonds. The summed E-state index contributed by atoms with van der Waals surface area (Å²) in [6, 6.07) is 3.74. The third kappa shape index (κ3) is 3.77. The minimum atomic E-state index is -0.743. The molecule has 0 radical (unpaired) electrons. The predicted molar refractivity (Wildman–Crippen MR) is 97.7 cm³/mol. The monoisotopic (exact) mass is 389 g/mol. The molecule has 8 nitrogen and oxygen atoms in total. The van der Waals surface area contributed by atoms with Crippen LogP contribution in [0.25, 0.3) is 10.8 Å². The van der Waals surface area contributed by atoms with Crippen molar-refractivity contribution >= 4 is 23.3 Å². The van der Waals surface area contributed by atoms with Gasteiger partial charge in [-0.05, 0) is 44.7 Å². The summed E-state index contributed by atoms with van der Waals surface area (Å²) in [6.45, 7) is 6.98. The van der Waals surface area contributed by atoms with Gasteiger partial charge in [-0.2, -0.15) is 0 Å². The van der Waals surface area contributed by atoms with Crippen molar-refractivity contribution in [2.75, 3.05) is 6.61 Å². The summed E-state index contributed by atoms with van der Waals surface area (Å²) in [7, 11) is 0. The first kappa shape index (κ1) is 18.8. The Labute approximate surface area is 159 Å². The maximum Gasteiger partial charge on any atom is 0.355 e. The highest BCUT2D eigenvalue weighted by molar-refractivity contribution is 7.13. The number of aromatic nitrogens is 3. The molecule has 9 heteroatoms. The van der Waals surface area contributed by atoms with Crippen LogP contribution in [0, 0.1) is 13.8 Å². The van der Waals surface area contributed by atoms with Crippen LogP contribution >= 0.6 is 11.3 Å². The van der Waals surface area contributed by atoms with E-state index >= 15 is 0 Å². The van der Waals surface area contributed by atoms with E-state index in [9.17, 15) is 9.59 Å². The van der Waals surface area contributed by atoms with E-state index in [0.29, 0.717) is 22.7 Å². The van der Waals surface area contributed by atoms with Crippen molar-refractivity contribution in [2.24, 2.45) is 0 Å². The molecule has 0 aliphatic rings. The Hall–Kier alpha value is -2.94. The lowest BCUT2D eigenvalue weighted by Crippen LogP contribution is -2.12. The molecule has 3 aromatic heterocycles. The number of aryl methyl sites for hydroxylation is 1. The maximum atomic E-state index is 12.5. The molecule has 1 atom stereocenters. The van der Waals surface area contributed by atoms with E-state index in [1.807, 2.05) is 17.5 Å². The fourth-order valence-corrected chi connectivity index (χ4v) is 3.28. The largest absolute Gasteiger partial charge is 0.462 e. The topological polar surface area (TPSA) is 107 Å². The molecule has 0 saturated carbocycles. The summed E-state index contributed by atoms with van der Waals surface area (Å²) in [5.41, 5.74) is 1.56. The Morgan fingerprint density at radius 1 is 1.30 bits per heavy atom. The highest BCUT2D eigenvalue weighted by Crippen LogP contribution is 2.27. The Morgan fingerprint density at radius 3 is 2.74 bits per heavy atom. The normalized spacial score (nSPS) is 12.0. The number of hydrogen-bond acceptors (Lipinski definition) is 8. The van der Waals surface area contributed by atoms with Crippen LogP contribution in [0.1, 0.15) is 57.9 Å². The van der Waals surface area contributed by atoms with Crippen molar-refractivity contribution in [3.8, 4) is 10.8 Å². The molecule has 27 heavy (non-hydrogen) atoms. The lowest BCUT2D eigenvalue weighted by molar-refractivity contribution is 0.0272. The molecule has 1 N–H and O–H groups in total. The summed E-state index contributed by atoms with van der Waals surface area (Å²) in [4.78, 5) is 28.3. The molecule has 0 saturated heterocycles. The SMILES string of the molecule is CCOC(=O)c1c(C)[nH]c(C(=O)O[C@H](C)c2nnc(-c3cccs3)o2)c1C. The summed E-state index contributed by atoms with van der Waals surface area (Å²) in [5.74, 6) is -0.527. The molecule has 0 aromatic carbocycles. The number of carbonyl (C=O) groups excluding carboxylic acids is 2. The van der Waals surface area contributed by atoms with Crippen molar-refractivity contribution in [1.29, 1.82) is 0 Å². The van der Waals surface area contributed by atoms with Crippen molar-refractivity contribution in [3.63, 3.8) is 0 Å². The first-order valence-electron chi connectivity index (χ1n) is 8.36. The molecule has 3 heterocycles. The highest BCUT2D eigenvalue weighted by Gasteiger charge is 2.26. The first-order valence-corrected chi connectivity index (χ1v) is 9.24. The molecule has 0 bridgehead atoms. The summed E-state index contributed by atoms with van der Waals surface area (Å²) in [5, 5.41) is 9.82. The first-order chi connectivity index (χ1) is 12.9. The zero-order chi connectivity index (χ0) is 19.6. The van der Waals surface area contributed by atoms with Gasteiger partial charge < -0.3 is 18.9 Å². The summed E-state index contributed by atoms with van der Waals surface area (Å²) >= 11 is 1.47. The molecule has 0 spiro atoms. The van der Waals surface area contributed by atoms with Crippen molar-refractivity contribution in [2.45, 2.75) is 33.8 Å². The van der Waals surface area contributed by atoms with Crippen LogP contribution in [0.2, 0.25) is 0 Å². The number of carbonyl (C=O) groups is 2. The van der Waals surface area contributed by atoms with E-state index in [4.69, 9.17) is 13.9 Å². The van der Waals surface area contributed by atoms with E-state index in [0.717, 1.165) is 4.88 Å². The molecule has 0 aliphatic heterocycles. The fraction of sp³-hybridized carbons (Fsp3) is 0.333. The van der Waals surface area contributed by atoms with Gasteiger partial charge in [-0.15, -0.1) is 21.5 Å². The van der Waals surface area contributed by atoms with Gasteiger partial charge in [0.05, 0.1) is 17.0 Å². The van der Waals surface area contributed by atoms with Crippen LogP contribution in [0.5, 0.6) is 0 Å². The molecule has 0 aliphatic carbocycles. The van der Waals surface area contributed by atoms with E-state index < -0.39 is 18.0 Å².